The maximum atomic E-state index is 9.66. The average Bonchev–Trinajstić information content (AvgIpc) is 2.78. The third-order valence-electron chi connectivity index (χ3n) is 4.42. The minimum Gasteiger partial charge on any atom is -0.490 e. The average molecular weight is 277 g/mol. The summed E-state index contributed by atoms with van der Waals surface area (Å²) in [5.74, 6) is 2.84. The van der Waals surface area contributed by atoms with Crippen molar-refractivity contribution in [2.24, 2.45) is 11.8 Å². The van der Waals surface area contributed by atoms with Gasteiger partial charge in [0.2, 0.25) is 0 Å². The summed E-state index contributed by atoms with van der Waals surface area (Å²) in [6.45, 7) is 6.33. The molecular formula is C16H23NO3. The summed E-state index contributed by atoms with van der Waals surface area (Å²) in [6.07, 6.45) is 0.916. The Hall–Kier alpha value is -1.26. The van der Waals surface area contributed by atoms with Gasteiger partial charge in [0.25, 0.3) is 0 Å². The Morgan fingerprint density at radius 2 is 1.95 bits per heavy atom. The minimum absolute atomic E-state index is 0.0652. The fourth-order valence-electron chi connectivity index (χ4n) is 3.27. The molecule has 4 heteroatoms. The van der Waals surface area contributed by atoms with Gasteiger partial charge in [0.15, 0.2) is 11.5 Å². The first kappa shape index (κ1) is 13.7. The van der Waals surface area contributed by atoms with Crippen molar-refractivity contribution < 1.29 is 14.6 Å². The van der Waals surface area contributed by atoms with Crippen LogP contribution in [0, 0.1) is 11.8 Å². The SMILES string of the molecule is CCOc1ccccc1OCCN1C[C@H]2C[C@@H](O)[C@H]2C1. The second-order valence-corrected chi connectivity index (χ2v) is 5.71. The Labute approximate surface area is 120 Å². The lowest BCUT2D eigenvalue weighted by Gasteiger charge is -2.35. The van der Waals surface area contributed by atoms with E-state index < -0.39 is 0 Å². The third kappa shape index (κ3) is 2.76. The van der Waals surface area contributed by atoms with Crippen LogP contribution in [0.4, 0.5) is 0 Å². The van der Waals surface area contributed by atoms with Crippen molar-refractivity contribution in [3.05, 3.63) is 24.3 Å². The lowest BCUT2D eigenvalue weighted by molar-refractivity contribution is -0.00435. The molecule has 2 aliphatic rings. The Kier molecular flexibility index (Phi) is 4.13. The largest absolute Gasteiger partial charge is 0.490 e. The molecule has 1 aromatic carbocycles. The molecule has 1 saturated heterocycles. The smallest absolute Gasteiger partial charge is 0.161 e. The van der Waals surface area contributed by atoms with E-state index in [2.05, 4.69) is 4.90 Å². The number of rotatable bonds is 6. The van der Waals surface area contributed by atoms with Gasteiger partial charge in [-0.3, -0.25) is 4.90 Å². The van der Waals surface area contributed by atoms with Crippen molar-refractivity contribution in [1.29, 1.82) is 0 Å². The van der Waals surface area contributed by atoms with Crippen molar-refractivity contribution in [1.82, 2.24) is 4.90 Å². The van der Waals surface area contributed by atoms with Crippen LogP contribution in [0.1, 0.15) is 13.3 Å². The summed E-state index contributed by atoms with van der Waals surface area (Å²) < 4.78 is 11.4. The summed E-state index contributed by atoms with van der Waals surface area (Å²) in [4.78, 5) is 2.40. The maximum Gasteiger partial charge on any atom is 0.161 e. The van der Waals surface area contributed by atoms with Crippen molar-refractivity contribution in [3.63, 3.8) is 0 Å². The molecule has 0 radical (unpaired) electrons. The lowest BCUT2D eigenvalue weighted by Crippen LogP contribution is -2.39. The molecular weight excluding hydrogens is 254 g/mol. The van der Waals surface area contributed by atoms with Crippen LogP contribution in [-0.2, 0) is 0 Å². The summed E-state index contributed by atoms with van der Waals surface area (Å²) >= 11 is 0. The van der Waals surface area contributed by atoms with E-state index in [0.29, 0.717) is 25.0 Å². The number of benzene rings is 1. The van der Waals surface area contributed by atoms with Gasteiger partial charge in [0.05, 0.1) is 12.7 Å². The van der Waals surface area contributed by atoms with Crippen LogP contribution < -0.4 is 9.47 Å². The van der Waals surface area contributed by atoms with Gasteiger partial charge in [-0.1, -0.05) is 12.1 Å². The van der Waals surface area contributed by atoms with Crippen LogP contribution in [0.15, 0.2) is 24.3 Å². The number of likely N-dealkylation sites (tertiary alicyclic amines) is 1. The van der Waals surface area contributed by atoms with E-state index in [9.17, 15) is 5.11 Å². The van der Waals surface area contributed by atoms with Gasteiger partial charge in [-0.25, -0.2) is 0 Å². The molecule has 4 nitrogen and oxygen atoms in total. The number of hydrogen-bond donors (Lipinski definition) is 1. The molecule has 1 aromatic rings. The highest BCUT2D eigenvalue weighted by Gasteiger charge is 2.45. The van der Waals surface area contributed by atoms with E-state index >= 15 is 0 Å². The standard InChI is InChI=1S/C16H23NO3/c1-2-19-15-5-3-4-6-16(15)20-8-7-17-10-12-9-14(18)13(12)11-17/h3-6,12-14,18H,2,7-11H2,1H3/t12-,13+,14-/m1/s1. The van der Waals surface area contributed by atoms with Gasteiger partial charge in [0.1, 0.15) is 6.61 Å². The molecule has 0 spiro atoms. The van der Waals surface area contributed by atoms with Crippen molar-refractivity contribution in [2.45, 2.75) is 19.4 Å². The molecule has 1 N–H and O–H groups in total. The summed E-state index contributed by atoms with van der Waals surface area (Å²) in [5.41, 5.74) is 0. The van der Waals surface area contributed by atoms with Crippen LogP contribution in [0.2, 0.25) is 0 Å². The fourth-order valence-corrected chi connectivity index (χ4v) is 3.27. The van der Waals surface area contributed by atoms with Gasteiger partial charge >= 0.3 is 0 Å². The zero-order chi connectivity index (χ0) is 13.9. The number of aliphatic hydroxyl groups excluding tert-OH is 1. The Morgan fingerprint density at radius 3 is 2.60 bits per heavy atom. The van der Waals surface area contributed by atoms with E-state index in [1.165, 1.54) is 0 Å². The summed E-state index contributed by atoms with van der Waals surface area (Å²) in [5, 5.41) is 9.66. The molecule has 20 heavy (non-hydrogen) atoms. The molecule has 1 aliphatic heterocycles. The predicted molar refractivity (Wildman–Crippen MR) is 77.1 cm³/mol. The lowest BCUT2D eigenvalue weighted by atomic mass is 9.74. The number of aliphatic hydroxyl groups is 1. The first-order chi connectivity index (χ1) is 9.78. The van der Waals surface area contributed by atoms with E-state index in [1.54, 1.807) is 0 Å². The number of para-hydroxylation sites is 2. The first-order valence-corrected chi connectivity index (χ1v) is 7.53. The molecule has 1 aliphatic carbocycles. The third-order valence-corrected chi connectivity index (χ3v) is 4.42. The van der Waals surface area contributed by atoms with Gasteiger partial charge in [-0.2, -0.15) is 0 Å². The first-order valence-electron chi connectivity index (χ1n) is 7.53. The molecule has 2 fully saturated rings. The zero-order valence-electron chi connectivity index (χ0n) is 12.0. The predicted octanol–water partition coefficient (Wildman–Crippen LogP) is 1.78. The highest BCUT2D eigenvalue weighted by molar-refractivity contribution is 5.39. The Balaban J connectivity index is 1.46. The van der Waals surface area contributed by atoms with E-state index in [-0.39, 0.29) is 6.10 Å². The van der Waals surface area contributed by atoms with Crippen LogP contribution in [0.5, 0.6) is 11.5 Å². The quantitative estimate of drug-likeness (QED) is 0.860. The van der Waals surface area contributed by atoms with Crippen LogP contribution in [0.3, 0.4) is 0 Å². The van der Waals surface area contributed by atoms with Crippen LogP contribution in [0.25, 0.3) is 0 Å². The minimum atomic E-state index is -0.0652. The molecule has 0 amide bonds. The fraction of sp³-hybridized carbons (Fsp3) is 0.625. The second-order valence-electron chi connectivity index (χ2n) is 5.71. The van der Waals surface area contributed by atoms with Crippen LogP contribution in [-0.4, -0.2) is 49.0 Å². The number of hydrogen-bond acceptors (Lipinski definition) is 4. The van der Waals surface area contributed by atoms with Gasteiger partial charge < -0.3 is 14.6 Å². The Morgan fingerprint density at radius 1 is 1.20 bits per heavy atom. The summed E-state index contributed by atoms with van der Waals surface area (Å²) in [7, 11) is 0. The van der Waals surface area contributed by atoms with Crippen LogP contribution >= 0.6 is 0 Å². The Bertz CT molecular complexity index is 451. The normalized spacial score (nSPS) is 28.8. The number of fused-ring (bicyclic) bond motifs is 1. The molecule has 0 unspecified atom stereocenters. The van der Waals surface area contributed by atoms with Gasteiger partial charge in [-0.15, -0.1) is 0 Å². The van der Waals surface area contributed by atoms with E-state index in [0.717, 1.165) is 37.6 Å². The molecule has 3 rings (SSSR count). The van der Waals surface area contributed by atoms with E-state index in [1.807, 2.05) is 31.2 Å². The number of ether oxygens (including phenoxy) is 2. The molecule has 1 heterocycles. The monoisotopic (exact) mass is 277 g/mol. The zero-order valence-corrected chi connectivity index (χ0v) is 12.0. The highest BCUT2D eigenvalue weighted by Crippen LogP contribution is 2.40. The molecule has 3 atom stereocenters. The summed E-state index contributed by atoms with van der Waals surface area (Å²) in [6, 6.07) is 7.80. The van der Waals surface area contributed by atoms with Gasteiger partial charge in [-0.05, 0) is 31.4 Å². The van der Waals surface area contributed by atoms with Crippen molar-refractivity contribution >= 4 is 0 Å². The molecule has 1 saturated carbocycles. The number of nitrogens with zero attached hydrogens (tertiary/aromatic N) is 1. The molecule has 0 aromatic heterocycles. The van der Waals surface area contributed by atoms with E-state index in [4.69, 9.17) is 9.47 Å². The molecule has 110 valence electrons. The highest BCUT2D eigenvalue weighted by atomic mass is 16.5. The topological polar surface area (TPSA) is 41.9 Å². The maximum absolute atomic E-state index is 9.66. The van der Waals surface area contributed by atoms with Crippen molar-refractivity contribution in [2.75, 3.05) is 32.8 Å². The van der Waals surface area contributed by atoms with Crippen molar-refractivity contribution in [3.8, 4) is 11.5 Å². The molecule has 0 bridgehead atoms. The second kappa shape index (κ2) is 6.02. The van der Waals surface area contributed by atoms with Gasteiger partial charge in [0, 0.05) is 25.6 Å².